The molecule has 0 aromatic heterocycles. The van der Waals surface area contributed by atoms with E-state index in [1.54, 1.807) is 0 Å². The first-order valence-corrected chi connectivity index (χ1v) is 6.58. The third-order valence-electron chi connectivity index (χ3n) is 4.10. The van der Waals surface area contributed by atoms with Gasteiger partial charge in [-0.15, -0.1) is 0 Å². The maximum absolute atomic E-state index is 11.2. The van der Waals surface area contributed by atoms with E-state index >= 15 is 0 Å². The van der Waals surface area contributed by atoms with Gasteiger partial charge >= 0.3 is 0 Å². The molecule has 1 rings (SSSR count). The van der Waals surface area contributed by atoms with Crippen molar-refractivity contribution in [3.63, 3.8) is 0 Å². The fourth-order valence-corrected chi connectivity index (χ4v) is 2.77. The van der Waals surface area contributed by atoms with Crippen molar-refractivity contribution < 1.29 is 4.79 Å². The molecule has 0 heterocycles. The van der Waals surface area contributed by atoms with Crippen molar-refractivity contribution in [1.82, 2.24) is 0 Å². The molecule has 0 atom stereocenters. The van der Waals surface area contributed by atoms with Crippen LogP contribution < -0.4 is 0 Å². The van der Waals surface area contributed by atoms with Crippen LogP contribution in [-0.4, -0.2) is 5.78 Å². The lowest BCUT2D eigenvalue weighted by molar-refractivity contribution is -0.114. The average molecular weight is 222 g/mol. The van der Waals surface area contributed by atoms with E-state index in [0.717, 1.165) is 18.3 Å². The maximum Gasteiger partial charge on any atom is 0.155 e. The van der Waals surface area contributed by atoms with E-state index in [9.17, 15) is 4.79 Å². The predicted molar refractivity (Wildman–Crippen MR) is 69.3 cm³/mol. The first kappa shape index (κ1) is 13.5. The number of allylic oxidation sites excluding steroid dienone is 1. The lowest BCUT2D eigenvalue weighted by atomic mass is 9.69. The molecule has 0 N–H and O–H groups in total. The molecule has 1 aliphatic rings. The summed E-state index contributed by atoms with van der Waals surface area (Å²) in [4.78, 5) is 11.2. The van der Waals surface area contributed by atoms with Crippen LogP contribution in [-0.2, 0) is 4.79 Å². The summed E-state index contributed by atoms with van der Waals surface area (Å²) in [6.07, 6.45) is 8.54. The van der Waals surface area contributed by atoms with Crippen molar-refractivity contribution in [2.75, 3.05) is 0 Å². The van der Waals surface area contributed by atoms with Crippen molar-refractivity contribution in [2.24, 2.45) is 17.3 Å². The molecule has 0 spiro atoms. The molecule has 1 nitrogen and oxygen atoms in total. The van der Waals surface area contributed by atoms with E-state index in [2.05, 4.69) is 27.4 Å². The minimum absolute atomic E-state index is 0.206. The van der Waals surface area contributed by atoms with Gasteiger partial charge in [0.15, 0.2) is 5.78 Å². The number of carbonyl (C=O) groups is 1. The Bertz CT molecular complexity index is 239. The number of hydrogen-bond donors (Lipinski definition) is 0. The van der Waals surface area contributed by atoms with Crippen LogP contribution in [0.5, 0.6) is 0 Å². The number of ketones is 1. The normalized spacial score (nSPS) is 26.4. The SMILES string of the molecule is C=CC(=O)CCC1CCC(C(C)(C)C)CC1. The van der Waals surface area contributed by atoms with Gasteiger partial charge in [0, 0.05) is 6.42 Å². The van der Waals surface area contributed by atoms with Crippen LogP contribution in [0.15, 0.2) is 12.7 Å². The van der Waals surface area contributed by atoms with E-state index < -0.39 is 0 Å². The van der Waals surface area contributed by atoms with E-state index in [0.29, 0.717) is 11.8 Å². The summed E-state index contributed by atoms with van der Waals surface area (Å²) in [7, 11) is 0. The van der Waals surface area contributed by atoms with Gasteiger partial charge in [0.1, 0.15) is 0 Å². The van der Waals surface area contributed by atoms with E-state index in [-0.39, 0.29) is 5.78 Å². The first-order valence-electron chi connectivity index (χ1n) is 6.58. The van der Waals surface area contributed by atoms with Gasteiger partial charge in [-0.3, -0.25) is 4.79 Å². The highest BCUT2D eigenvalue weighted by Gasteiger charge is 2.29. The fraction of sp³-hybridized carbons (Fsp3) is 0.800. The molecule has 16 heavy (non-hydrogen) atoms. The Balaban J connectivity index is 2.27. The first-order chi connectivity index (χ1) is 7.43. The van der Waals surface area contributed by atoms with Crippen LogP contribution in [0, 0.1) is 17.3 Å². The molecular weight excluding hydrogens is 196 g/mol. The van der Waals surface area contributed by atoms with Crippen molar-refractivity contribution in [3.05, 3.63) is 12.7 Å². The standard InChI is InChI=1S/C15H26O/c1-5-14(16)11-8-12-6-9-13(10-7-12)15(2,3)4/h5,12-13H,1,6-11H2,2-4H3. The van der Waals surface area contributed by atoms with E-state index in [1.807, 2.05) is 0 Å². The van der Waals surface area contributed by atoms with Crippen LogP contribution in [0.1, 0.15) is 59.3 Å². The van der Waals surface area contributed by atoms with Crippen molar-refractivity contribution in [2.45, 2.75) is 59.3 Å². The highest BCUT2D eigenvalue weighted by Crippen LogP contribution is 2.40. The molecule has 0 unspecified atom stereocenters. The van der Waals surface area contributed by atoms with Crippen LogP contribution in [0.2, 0.25) is 0 Å². The Kier molecular flexibility index (Phi) is 4.76. The van der Waals surface area contributed by atoms with Gasteiger partial charge < -0.3 is 0 Å². The van der Waals surface area contributed by atoms with Crippen molar-refractivity contribution in [3.8, 4) is 0 Å². The minimum atomic E-state index is 0.206. The second kappa shape index (κ2) is 5.65. The van der Waals surface area contributed by atoms with Crippen LogP contribution in [0.4, 0.5) is 0 Å². The molecular formula is C15H26O. The Hall–Kier alpha value is -0.590. The van der Waals surface area contributed by atoms with Gasteiger partial charge in [-0.2, -0.15) is 0 Å². The number of rotatable bonds is 4. The highest BCUT2D eigenvalue weighted by molar-refractivity contribution is 5.88. The molecule has 0 saturated heterocycles. The average Bonchev–Trinajstić information content (AvgIpc) is 2.25. The summed E-state index contributed by atoms with van der Waals surface area (Å²) in [6.45, 7) is 10.6. The number of hydrogen-bond acceptors (Lipinski definition) is 1. The second-order valence-corrected chi connectivity index (χ2v) is 6.29. The topological polar surface area (TPSA) is 17.1 Å². The van der Waals surface area contributed by atoms with Crippen molar-refractivity contribution in [1.29, 1.82) is 0 Å². The molecule has 0 aromatic carbocycles. The number of carbonyl (C=O) groups excluding carboxylic acids is 1. The summed E-state index contributed by atoms with van der Waals surface area (Å²) < 4.78 is 0. The third kappa shape index (κ3) is 4.11. The Morgan fingerprint density at radius 2 is 1.81 bits per heavy atom. The molecule has 0 amide bonds. The van der Waals surface area contributed by atoms with E-state index in [1.165, 1.54) is 31.8 Å². The van der Waals surface area contributed by atoms with Crippen molar-refractivity contribution >= 4 is 5.78 Å². The molecule has 0 aromatic rings. The van der Waals surface area contributed by atoms with Crippen LogP contribution >= 0.6 is 0 Å². The third-order valence-corrected chi connectivity index (χ3v) is 4.10. The Morgan fingerprint density at radius 3 is 2.25 bits per heavy atom. The Morgan fingerprint density at radius 1 is 1.25 bits per heavy atom. The predicted octanol–water partition coefficient (Wildman–Crippen LogP) is 4.37. The van der Waals surface area contributed by atoms with Gasteiger partial charge in [-0.05, 0) is 42.6 Å². The zero-order chi connectivity index (χ0) is 12.2. The van der Waals surface area contributed by atoms with Crippen LogP contribution in [0.3, 0.4) is 0 Å². The monoisotopic (exact) mass is 222 g/mol. The molecule has 1 heteroatoms. The molecule has 1 aliphatic carbocycles. The Labute approximate surface area is 100 Å². The minimum Gasteiger partial charge on any atom is -0.295 e. The molecule has 0 bridgehead atoms. The summed E-state index contributed by atoms with van der Waals surface area (Å²) in [5.74, 6) is 1.86. The lowest BCUT2D eigenvalue weighted by Gasteiger charge is -2.37. The summed E-state index contributed by atoms with van der Waals surface area (Å²) in [5.41, 5.74) is 0.460. The van der Waals surface area contributed by atoms with Gasteiger partial charge in [0.25, 0.3) is 0 Å². The molecule has 92 valence electrons. The second-order valence-electron chi connectivity index (χ2n) is 6.29. The zero-order valence-electron chi connectivity index (χ0n) is 11.1. The highest BCUT2D eigenvalue weighted by atomic mass is 16.1. The molecule has 0 radical (unpaired) electrons. The molecule has 0 aliphatic heterocycles. The lowest BCUT2D eigenvalue weighted by Crippen LogP contribution is -2.26. The van der Waals surface area contributed by atoms with Gasteiger partial charge in [0.2, 0.25) is 0 Å². The summed E-state index contributed by atoms with van der Waals surface area (Å²) >= 11 is 0. The fourth-order valence-electron chi connectivity index (χ4n) is 2.77. The molecule has 1 saturated carbocycles. The maximum atomic E-state index is 11.2. The largest absolute Gasteiger partial charge is 0.295 e. The van der Waals surface area contributed by atoms with Gasteiger partial charge in [0.05, 0.1) is 0 Å². The van der Waals surface area contributed by atoms with Gasteiger partial charge in [-0.25, -0.2) is 0 Å². The smallest absolute Gasteiger partial charge is 0.155 e. The molecule has 1 fully saturated rings. The van der Waals surface area contributed by atoms with Crippen LogP contribution in [0.25, 0.3) is 0 Å². The van der Waals surface area contributed by atoms with Gasteiger partial charge in [-0.1, -0.05) is 40.2 Å². The zero-order valence-corrected chi connectivity index (χ0v) is 11.1. The summed E-state index contributed by atoms with van der Waals surface area (Å²) in [5, 5.41) is 0. The van der Waals surface area contributed by atoms with E-state index in [4.69, 9.17) is 0 Å². The summed E-state index contributed by atoms with van der Waals surface area (Å²) in [6, 6.07) is 0. The quantitative estimate of drug-likeness (QED) is 0.645.